The van der Waals surface area contributed by atoms with Gasteiger partial charge in [-0.1, -0.05) is 0 Å². The van der Waals surface area contributed by atoms with Crippen molar-refractivity contribution in [2.75, 3.05) is 46.4 Å². The highest BCUT2D eigenvalue weighted by Gasteiger charge is 2.18. The molecule has 3 nitrogen and oxygen atoms in total. The van der Waals surface area contributed by atoms with Crippen molar-refractivity contribution in [2.24, 2.45) is 5.92 Å². The van der Waals surface area contributed by atoms with E-state index >= 15 is 0 Å². The lowest BCUT2D eigenvalue weighted by Gasteiger charge is -2.32. The Morgan fingerprint density at radius 1 is 1.50 bits per heavy atom. The Morgan fingerprint density at radius 3 is 3.00 bits per heavy atom. The van der Waals surface area contributed by atoms with Crippen LogP contribution in [0.4, 0.5) is 8.78 Å². The zero-order chi connectivity index (χ0) is 11.8. The van der Waals surface area contributed by atoms with Gasteiger partial charge in [0.1, 0.15) is 6.61 Å². The first-order valence-corrected chi connectivity index (χ1v) is 5.95. The van der Waals surface area contributed by atoms with E-state index in [0.717, 1.165) is 26.2 Å². The third-order valence-electron chi connectivity index (χ3n) is 2.89. The second kappa shape index (κ2) is 7.92. The Bertz CT molecular complexity index is 179. The van der Waals surface area contributed by atoms with Crippen molar-refractivity contribution in [1.29, 1.82) is 0 Å². The number of ether oxygens (including phenoxy) is 1. The lowest BCUT2D eigenvalue weighted by atomic mass is 9.98. The smallest absolute Gasteiger partial charge is 0.261 e. The molecule has 0 aromatic rings. The quantitative estimate of drug-likeness (QED) is 0.672. The number of hydrogen-bond donors (Lipinski definition) is 1. The SMILES string of the molecule is CNCC1CCCN(CCOCC(F)F)C1. The van der Waals surface area contributed by atoms with Crippen LogP contribution in [0.25, 0.3) is 0 Å². The van der Waals surface area contributed by atoms with Gasteiger partial charge in [0.15, 0.2) is 0 Å². The highest BCUT2D eigenvalue weighted by atomic mass is 19.3. The summed E-state index contributed by atoms with van der Waals surface area (Å²) in [5.74, 6) is 0.689. The summed E-state index contributed by atoms with van der Waals surface area (Å²) in [5.41, 5.74) is 0. The Balaban J connectivity index is 2.07. The van der Waals surface area contributed by atoms with Crippen LogP contribution in [0.3, 0.4) is 0 Å². The summed E-state index contributed by atoms with van der Waals surface area (Å²) in [6.07, 6.45) is 0.106. The molecule has 1 heterocycles. The molecule has 1 unspecified atom stereocenters. The van der Waals surface area contributed by atoms with E-state index < -0.39 is 13.0 Å². The minimum atomic E-state index is -2.35. The van der Waals surface area contributed by atoms with Crippen molar-refractivity contribution in [1.82, 2.24) is 10.2 Å². The van der Waals surface area contributed by atoms with Crippen LogP contribution in [-0.2, 0) is 4.74 Å². The van der Waals surface area contributed by atoms with Crippen LogP contribution in [0.1, 0.15) is 12.8 Å². The lowest BCUT2D eigenvalue weighted by Crippen LogP contribution is -2.40. The second-order valence-corrected chi connectivity index (χ2v) is 4.33. The molecule has 5 heteroatoms. The molecule has 1 rings (SSSR count). The largest absolute Gasteiger partial charge is 0.374 e. The molecule has 0 aromatic carbocycles. The van der Waals surface area contributed by atoms with Crippen molar-refractivity contribution in [2.45, 2.75) is 19.3 Å². The third-order valence-corrected chi connectivity index (χ3v) is 2.89. The Kier molecular flexibility index (Phi) is 6.84. The molecule has 0 aromatic heterocycles. The number of hydrogen-bond acceptors (Lipinski definition) is 3. The summed E-state index contributed by atoms with van der Waals surface area (Å²) in [5, 5.41) is 3.18. The van der Waals surface area contributed by atoms with Crippen LogP contribution in [0.2, 0.25) is 0 Å². The predicted molar refractivity (Wildman–Crippen MR) is 59.9 cm³/mol. The van der Waals surface area contributed by atoms with Crippen LogP contribution >= 0.6 is 0 Å². The van der Waals surface area contributed by atoms with E-state index in [1.807, 2.05) is 7.05 Å². The topological polar surface area (TPSA) is 24.5 Å². The van der Waals surface area contributed by atoms with E-state index in [1.54, 1.807) is 0 Å². The van der Waals surface area contributed by atoms with Gasteiger partial charge in [-0.15, -0.1) is 0 Å². The highest BCUT2D eigenvalue weighted by molar-refractivity contribution is 4.73. The molecule has 0 aliphatic carbocycles. The maximum absolute atomic E-state index is 11.8. The summed E-state index contributed by atoms with van der Waals surface area (Å²) in [7, 11) is 1.96. The second-order valence-electron chi connectivity index (χ2n) is 4.33. The summed E-state index contributed by atoms with van der Waals surface area (Å²) in [6, 6.07) is 0. The molecule has 96 valence electrons. The van der Waals surface area contributed by atoms with Gasteiger partial charge in [-0.3, -0.25) is 0 Å². The zero-order valence-corrected chi connectivity index (χ0v) is 9.92. The van der Waals surface area contributed by atoms with Crippen LogP contribution in [0.15, 0.2) is 0 Å². The first-order valence-electron chi connectivity index (χ1n) is 5.95. The first-order chi connectivity index (χ1) is 7.72. The standard InChI is InChI=1S/C11H22F2N2O/c1-14-7-10-3-2-4-15(8-10)5-6-16-9-11(12)13/h10-11,14H,2-9H2,1H3. The van der Waals surface area contributed by atoms with E-state index in [2.05, 4.69) is 10.2 Å². The monoisotopic (exact) mass is 236 g/mol. The number of nitrogens with one attached hydrogen (secondary N) is 1. The summed E-state index contributed by atoms with van der Waals surface area (Å²) in [6.45, 7) is 3.91. The summed E-state index contributed by atoms with van der Waals surface area (Å²) < 4.78 is 28.5. The van der Waals surface area contributed by atoms with Crippen LogP contribution in [-0.4, -0.2) is 57.8 Å². The molecular formula is C11H22F2N2O. The molecule has 0 amide bonds. The summed E-state index contributed by atoms with van der Waals surface area (Å²) >= 11 is 0. The molecule has 1 atom stereocenters. The van der Waals surface area contributed by atoms with Gasteiger partial charge in [0.2, 0.25) is 0 Å². The fraction of sp³-hybridized carbons (Fsp3) is 1.00. The minimum Gasteiger partial charge on any atom is -0.374 e. The maximum atomic E-state index is 11.8. The fourth-order valence-electron chi connectivity index (χ4n) is 2.18. The molecule has 1 N–H and O–H groups in total. The molecule has 0 spiro atoms. The number of piperidine rings is 1. The molecule has 1 fully saturated rings. The predicted octanol–water partition coefficient (Wildman–Crippen LogP) is 1.20. The summed E-state index contributed by atoms with van der Waals surface area (Å²) in [4.78, 5) is 2.30. The van der Waals surface area contributed by atoms with E-state index in [0.29, 0.717) is 12.5 Å². The van der Waals surface area contributed by atoms with Gasteiger partial charge in [-0.05, 0) is 38.9 Å². The first kappa shape index (κ1) is 13.8. The van der Waals surface area contributed by atoms with Crippen LogP contribution in [0, 0.1) is 5.92 Å². The third kappa shape index (κ3) is 5.72. The normalized spacial score (nSPS) is 22.9. The molecule has 1 saturated heterocycles. The van der Waals surface area contributed by atoms with Gasteiger partial charge >= 0.3 is 0 Å². The number of nitrogens with zero attached hydrogens (tertiary/aromatic N) is 1. The van der Waals surface area contributed by atoms with Gasteiger partial charge in [-0.2, -0.15) is 0 Å². The number of halogens is 2. The number of likely N-dealkylation sites (tertiary alicyclic amines) is 1. The zero-order valence-electron chi connectivity index (χ0n) is 9.92. The fourth-order valence-corrected chi connectivity index (χ4v) is 2.18. The Morgan fingerprint density at radius 2 is 2.31 bits per heavy atom. The lowest BCUT2D eigenvalue weighted by molar-refractivity contribution is 0.00625. The van der Waals surface area contributed by atoms with E-state index in [4.69, 9.17) is 4.74 Å². The van der Waals surface area contributed by atoms with Gasteiger partial charge in [0, 0.05) is 13.1 Å². The van der Waals surface area contributed by atoms with Crippen molar-refractivity contribution in [3.63, 3.8) is 0 Å². The van der Waals surface area contributed by atoms with Crippen LogP contribution in [0.5, 0.6) is 0 Å². The molecule has 1 aliphatic rings. The van der Waals surface area contributed by atoms with Gasteiger partial charge < -0.3 is 15.0 Å². The molecule has 16 heavy (non-hydrogen) atoms. The van der Waals surface area contributed by atoms with Crippen molar-refractivity contribution >= 4 is 0 Å². The molecular weight excluding hydrogens is 214 g/mol. The number of alkyl halides is 2. The average Bonchev–Trinajstić information content (AvgIpc) is 2.25. The van der Waals surface area contributed by atoms with Crippen molar-refractivity contribution in [3.8, 4) is 0 Å². The minimum absolute atomic E-state index is 0.413. The molecule has 0 saturated carbocycles. The average molecular weight is 236 g/mol. The van der Waals surface area contributed by atoms with Crippen molar-refractivity contribution < 1.29 is 13.5 Å². The molecule has 0 radical (unpaired) electrons. The van der Waals surface area contributed by atoms with Gasteiger partial charge in [0.25, 0.3) is 6.43 Å². The van der Waals surface area contributed by atoms with E-state index in [-0.39, 0.29) is 0 Å². The van der Waals surface area contributed by atoms with Crippen molar-refractivity contribution in [3.05, 3.63) is 0 Å². The van der Waals surface area contributed by atoms with E-state index in [1.165, 1.54) is 12.8 Å². The van der Waals surface area contributed by atoms with E-state index in [9.17, 15) is 8.78 Å². The maximum Gasteiger partial charge on any atom is 0.261 e. The molecule has 1 aliphatic heterocycles. The number of rotatable bonds is 7. The van der Waals surface area contributed by atoms with Gasteiger partial charge in [-0.25, -0.2) is 8.78 Å². The molecule has 0 bridgehead atoms. The Labute approximate surface area is 96.1 Å². The highest BCUT2D eigenvalue weighted by Crippen LogP contribution is 2.15. The van der Waals surface area contributed by atoms with Crippen LogP contribution < -0.4 is 5.32 Å². The Hall–Kier alpha value is -0.260. The van der Waals surface area contributed by atoms with Gasteiger partial charge in [0.05, 0.1) is 6.61 Å².